The first kappa shape index (κ1) is 24.1. The molecule has 0 atom stereocenters. The highest BCUT2D eigenvalue weighted by atomic mass is 28.4. The summed E-state index contributed by atoms with van der Waals surface area (Å²) in [6, 6.07) is 4.53. The average Bonchev–Trinajstić information content (AvgIpc) is 2.91. The number of nitrogens with zero attached hydrogens (tertiary/aromatic N) is 2. The first-order chi connectivity index (χ1) is 13.6. The van der Waals surface area contributed by atoms with Crippen molar-refractivity contribution in [2.75, 3.05) is 6.61 Å². The second kappa shape index (κ2) is 8.18. The summed E-state index contributed by atoms with van der Waals surface area (Å²) in [6.07, 6.45) is -4.57. The van der Waals surface area contributed by atoms with Gasteiger partial charge in [-0.05, 0) is 37.7 Å². The normalized spacial score (nSPS) is 13.0. The topological polar surface area (TPSA) is 64.4 Å². The molecule has 0 saturated carbocycles. The van der Waals surface area contributed by atoms with Gasteiger partial charge in [-0.2, -0.15) is 13.2 Å². The Labute approximate surface area is 176 Å². The molecule has 0 aliphatic heterocycles. The summed E-state index contributed by atoms with van der Waals surface area (Å²) in [6.45, 7) is 12.6. The molecule has 0 fully saturated rings. The maximum absolute atomic E-state index is 14.2. The molecular weight excluding hydrogens is 413 g/mol. The molecule has 0 radical (unpaired) electrons. The Hall–Kier alpha value is -2.13. The van der Waals surface area contributed by atoms with Crippen LogP contribution in [0.4, 0.5) is 13.2 Å². The van der Waals surface area contributed by atoms with Crippen molar-refractivity contribution in [1.82, 2.24) is 9.55 Å². The van der Waals surface area contributed by atoms with E-state index in [2.05, 4.69) is 4.98 Å². The van der Waals surface area contributed by atoms with E-state index >= 15 is 0 Å². The van der Waals surface area contributed by atoms with Gasteiger partial charge in [-0.3, -0.25) is 0 Å². The lowest BCUT2D eigenvalue weighted by Gasteiger charge is -2.28. The quantitative estimate of drug-likeness (QED) is 0.659. The van der Waals surface area contributed by atoms with Crippen LogP contribution in [0.15, 0.2) is 18.2 Å². The lowest BCUT2D eigenvalue weighted by atomic mass is 9.95. The van der Waals surface area contributed by atoms with Gasteiger partial charge < -0.3 is 14.1 Å². The Balaban J connectivity index is 2.75. The minimum atomic E-state index is -4.57. The van der Waals surface area contributed by atoms with Crippen molar-refractivity contribution in [3.63, 3.8) is 0 Å². The molecule has 0 spiro atoms. The van der Waals surface area contributed by atoms with Gasteiger partial charge in [0.05, 0.1) is 5.56 Å². The first-order valence-corrected chi connectivity index (χ1v) is 12.7. The number of hydrogen-bond donors (Lipinski definition) is 1. The van der Waals surface area contributed by atoms with Gasteiger partial charge in [0.15, 0.2) is 5.69 Å². The van der Waals surface area contributed by atoms with Gasteiger partial charge in [0.2, 0.25) is 8.32 Å². The summed E-state index contributed by atoms with van der Waals surface area (Å²) in [7, 11) is -2.80. The van der Waals surface area contributed by atoms with Gasteiger partial charge in [-0.1, -0.05) is 39.0 Å². The lowest BCUT2D eigenvalue weighted by Crippen LogP contribution is -2.48. The highest BCUT2D eigenvalue weighted by Gasteiger charge is 2.41. The monoisotopic (exact) mass is 442 g/mol. The van der Waals surface area contributed by atoms with E-state index in [0.717, 1.165) is 0 Å². The molecular formula is C21H29F3N2O3Si. The average molecular weight is 443 g/mol. The lowest BCUT2D eigenvalue weighted by molar-refractivity contribution is -0.137. The number of alkyl halides is 3. The Bertz CT molecular complexity index is 944. The fourth-order valence-corrected chi connectivity index (χ4v) is 5.96. The van der Waals surface area contributed by atoms with Crippen molar-refractivity contribution in [3.8, 4) is 0 Å². The summed E-state index contributed by atoms with van der Waals surface area (Å²) in [4.78, 5) is 15.8. The van der Waals surface area contributed by atoms with Crippen molar-refractivity contribution in [2.24, 2.45) is 0 Å². The summed E-state index contributed by atoms with van der Waals surface area (Å²) in [5.41, 5.74) is -0.988. The molecule has 2 rings (SSSR count). The Morgan fingerprint density at radius 3 is 2.30 bits per heavy atom. The molecule has 0 aliphatic carbocycles. The van der Waals surface area contributed by atoms with Crippen LogP contribution in [0.1, 0.15) is 60.8 Å². The van der Waals surface area contributed by atoms with Crippen molar-refractivity contribution in [2.45, 2.75) is 65.8 Å². The highest BCUT2D eigenvalue weighted by molar-refractivity contribution is 6.84. The number of halogens is 3. The van der Waals surface area contributed by atoms with Crippen LogP contribution >= 0.6 is 0 Å². The number of carbonyl (C=O) groups is 1. The van der Waals surface area contributed by atoms with Crippen LogP contribution in [-0.2, 0) is 22.6 Å². The van der Waals surface area contributed by atoms with Gasteiger partial charge in [0.25, 0.3) is 0 Å². The van der Waals surface area contributed by atoms with Crippen LogP contribution in [0.3, 0.4) is 0 Å². The number of carboxylic acid groups (broad SMARTS) is 1. The van der Waals surface area contributed by atoms with Crippen molar-refractivity contribution in [3.05, 3.63) is 46.5 Å². The molecule has 0 amide bonds. The Morgan fingerprint density at radius 2 is 1.83 bits per heavy atom. The number of aromatic carboxylic acids is 1. The number of aromatic nitrogens is 2. The van der Waals surface area contributed by atoms with Crippen LogP contribution < -0.4 is 5.19 Å². The van der Waals surface area contributed by atoms with Crippen molar-refractivity contribution < 1.29 is 27.5 Å². The maximum Gasteiger partial charge on any atom is 0.416 e. The Kier molecular flexibility index (Phi) is 6.59. The fourth-order valence-electron chi connectivity index (χ4n) is 3.68. The highest BCUT2D eigenvalue weighted by Crippen LogP contribution is 2.34. The molecule has 0 saturated heterocycles. The number of rotatable bonds is 6. The molecule has 5 nitrogen and oxygen atoms in total. The van der Waals surface area contributed by atoms with Crippen LogP contribution in [0.2, 0.25) is 13.1 Å². The number of benzene rings is 1. The predicted molar refractivity (Wildman–Crippen MR) is 112 cm³/mol. The molecule has 1 N–H and O–H groups in total. The minimum absolute atomic E-state index is 0.0724. The van der Waals surface area contributed by atoms with Gasteiger partial charge >= 0.3 is 12.1 Å². The first-order valence-electron chi connectivity index (χ1n) is 9.75. The second-order valence-electron chi connectivity index (χ2n) is 8.79. The Morgan fingerprint density at radius 1 is 1.23 bits per heavy atom. The SMILES string of the molecule is CCO[Si](C)(C)c1cccc(Cn2c(C(C)(C)C)nc(C(=O)O)c2C)c1C(F)(F)F. The summed E-state index contributed by atoms with van der Waals surface area (Å²) >= 11 is 0. The molecule has 9 heteroatoms. The standard InChI is InChI=1S/C21H29F3N2O3Si/c1-8-29-30(6,7)15-11-9-10-14(16(15)21(22,23)24)12-26-13(2)17(18(27)28)25-19(26)20(3,4)5/h9-11H,8,12H2,1-7H3,(H,27,28). The van der Waals surface area contributed by atoms with Crippen LogP contribution in [0.5, 0.6) is 0 Å². The van der Waals surface area contributed by atoms with Crippen molar-refractivity contribution >= 4 is 19.5 Å². The smallest absolute Gasteiger partial charge is 0.416 e. The summed E-state index contributed by atoms with van der Waals surface area (Å²) < 4.78 is 49.9. The van der Waals surface area contributed by atoms with E-state index in [4.69, 9.17) is 4.43 Å². The van der Waals surface area contributed by atoms with Crippen molar-refractivity contribution in [1.29, 1.82) is 0 Å². The van der Waals surface area contributed by atoms with Gasteiger partial charge in [-0.25, -0.2) is 9.78 Å². The third-order valence-corrected chi connectivity index (χ3v) is 7.74. The zero-order valence-electron chi connectivity index (χ0n) is 18.4. The second-order valence-corrected chi connectivity index (χ2v) is 12.6. The largest absolute Gasteiger partial charge is 0.476 e. The van der Waals surface area contributed by atoms with E-state index in [9.17, 15) is 23.1 Å². The third-order valence-electron chi connectivity index (χ3n) is 5.01. The minimum Gasteiger partial charge on any atom is -0.476 e. The molecule has 1 aromatic carbocycles. The summed E-state index contributed by atoms with van der Waals surface area (Å²) in [5, 5.41) is 9.65. The maximum atomic E-state index is 14.2. The molecule has 166 valence electrons. The zero-order chi connectivity index (χ0) is 23.1. The number of carboxylic acids is 1. The molecule has 0 bridgehead atoms. The third kappa shape index (κ3) is 4.78. The van der Waals surface area contributed by atoms with Gasteiger partial charge in [0.1, 0.15) is 5.82 Å². The number of hydrogen-bond acceptors (Lipinski definition) is 3. The van der Waals surface area contributed by atoms with E-state index in [1.54, 1.807) is 37.6 Å². The van der Waals surface area contributed by atoms with Crippen LogP contribution in [0.25, 0.3) is 0 Å². The fraction of sp³-hybridized carbons (Fsp3) is 0.524. The van der Waals surface area contributed by atoms with E-state index in [1.807, 2.05) is 20.8 Å². The molecule has 2 aromatic rings. The van der Waals surface area contributed by atoms with Crippen LogP contribution in [0, 0.1) is 6.92 Å². The van der Waals surface area contributed by atoms with E-state index < -0.39 is 31.4 Å². The van der Waals surface area contributed by atoms with E-state index in [0.29, 0.717) is 18.1 Å². The molecule has 30 heavy (non-hydrogen) atoms. The summed E-state index contributed by atoms with van der Waals surface area (Å²) in [5.74, 6) is -0.774. The predicted octanol–water partition coefficient (Wildman–Crippen LogP) is 4.70. The molecule has 1 heterocycles. The molecule has 0 unspecified atom stereocenters. The van der Waals surface area contributed by atoms with E-state index in [-0.39, 0.29) is 23.0 Å². The van der Waals surface area contributed by atoms with E-state index in [1.165, 1.54) is 12.1 Å². The molecule has 1 aromatic heterocycles. The zero-order valence-corrected chi connectivity index (χ0v) is 19.4. The number of imidazole rings is 1. The van der Waals surface area contributed by atoms with Gasteiger partial charge in [-0.15, -0.1) is 0 Å². The molecule has 0 aliphatic rings. The van der Waals surface area contributed by atoms with Gasteiger partial charge in [0, 0.05) is 24.3 Å². The van der Waals surface area contributed by atoms with Crippen LogP contribution in [-0.4, -0.2) is 35.6 Å².